The number of Topliss-reactive ketones (excluding diaryl/α,β-unsaturated/α-hetero) is 1. The van der Waals surface area contributed by atoms with E-state index < -0.39 is 0 Å². The average molecular weight is 323 g/mol. The van der Waals surface area contributed by atoms with Gasteiger partial charge in [-0.1, -0.05) is 6.07 Å². The molecule has 2 aromatic heterocycles. The quantitative estimate of drug-likeness (QED) is 0.727. The van der Waals surface area contributed by atoms with E-state index in [0.29, 0.717) is 12.4 Å². The number of imidazole rings is 1. The molecule has 3 rings (SSSR count). The molecule has 0 fully saturated rings. The molecule has 0 aliphatic carbocycles. The van der Waals surface area contributed by atoms with Gasteiger partial charge in [-0.25, -0.2) is 4.98 Å². The summed E-state index contributed by atoms with van der Waals surface area (Å²) < 4.78 is 5.68. The van der Waals surface area contributed by atoms with Crippen molar-refractivity contribution in [1.82, 2.24) is 15.0 Å². The zero-order valence-electron chi connectivity index (χ0n) is 14.4. The Kier molecular flexibility index (Phi) is 4.34. The Bertz CT molecular complexity index is 912. The fourth-order valence-corrected chi connectivity index (χ4v) is 2.79. The van der Waals surface area contributed by atoms with Crippen LogP contribution in [0.3, 0.4) is 0 Å². The Hall–Kier alpha value is -2.69. The van der Waals surface area contributed by atoms with Crippen LogP contribution in [0, 0.1) is 20.8 Å². The summed E-state index contributed by atoms with van der Waals surface area (Å²) in [6, 6.07) is 5.89. The SMILES string of the molecule is CCOc1c(C)cnc(CC(=O)c2nc3ccc(C)cc3[nH]2)c1C. The first-order chi connectivity index (χ1) is 11.5. The molecule has 0 saturated heterocycles. The van der Waals surface area contributed by atoms with Crippen molar-refractivity contribution in [3.8, 4) is 5.75 Å². The maximum absolute atomic E-state index is 12.6. The van der Waals surface area contributed by atoms with E-state index in [0.717, 1.165) is 39.2 Å². The Labute approximate surface area is 141 Å². The first-order valence-corrected chi connectivity index (χ1v) is 8.07. The Morgan fingerprint density at radius 2 is 2.04 bits per heavy atom. The van der Waals surface area contributed by atoms with Crippen LogP contribution in [0.25, 0.3) is 11.0 Å². The summed E-state index contributed by atoms with van der Waals surface area (Å²) in [6.07, 6.45) is 1.95. The molecule has 5 nitrogen and oxygen atoms in total. The van der Waals surface area contributed by atoms with Crippen LogP contribution in [0.2, 0.25) is 0 Å². The van der Waals surface area contributed by atoms with Gasteiger partial charge in [-0.3, -0.25) is 9.78 Å². The molecule has 124 valence electrons. The van der Waals surface area contributed by atoms with E-state index in [2.05, 4.69) is 15.0 Å². The van der Waals surface area contributed by atoms with Gasteiger partial charge in [0, 0.05) is 17.3 Å². The van der Waals surface area contributed by atoms with Crippen molar-refractivity contribution in [2.24, 2.45) is 0 Å². The number of pyridine rings is 1. The number of nitrogens with zero attached hydrogens (tertiary/aromatic N) is 2. The van der Waals surface area contributed by atoms with Gasteiger partial charge in [0.05, 0.1) is 29.8 Å². The van der Waals surface area contributed by atoms with Crippen LogP contribution in [0.1, 0.15) is 39.9 Å². The molecule has 1 aromatic carbocycles. The second-order valence-corrected chi connectivity index (χ2v) is 5.98. The second-order valence-electron chi connectivity index (χ2n) is 5.98. The number of hydrogen-bond acceptors (Lipinski definition) is 4. The first-order valence-electron chi connectivity index (χ1n) is 8.07. The highest BCUT2D eigenvalue weighted by molar-refractivity contribution is 5.97. The van der Waals surface area contributed by atoms with E-state index in [9.17, 15) is 4.79 Å². The number of carbonyl (C=O) groups is 1. The summed E-state index contributed by atoms with van der Waals surface area (Å²) in [5.41, 5.74) is 5.42. The molecule has 3 aromatic rings. The lowest BCUT2D eigenvalue weighted by atomic mass is 10.1. The standard InChI is InChI=1S/C19H21N3O2/c1-5-24-18-12(3)10-20-15(13(18)4)9-17(23)19-21-14-7-6-11(2)8-16(14)22-19/h6-8,10H,5,9H2,1-4H3,(H,21,22). The van der Waals surface area contributed by atoms with Crippen LogP contribution >= 0.6 is 0 Å². The molecular weight excluding hydrogens is 302 g/mol. The maximum atomic E-state index is 12.6. The van der Waals surface area contributed by atoms with Crippen molar-refractivity contribution in [1.29, 1.82) is 0 Å². The number of fused-ring (bicyclic) bond motifs is 1. The molecule has 0 aliphatic rings. The fraction of sp³-hybridized carbons (Fsp3) is 0.316. The van der Waals surface area contributed by atoms with Crippen LogP contribution < -0.4 is 4.74 Å². The third-order valence-electron chi connectivity index (χ3n) is 4.06. The molecule has 2 heterocycles. The van der Waals surface area contributed by atoms with Crippen molar-refractivity contribution < 1.29 is 9.53 Å². The highest BCUT2D eigenvalue weighted by atomic mass is 16.5. The van der Waals surface area contributed by atoms with E-state index in [4.69, 9.17) is 4.74 Å². The maximum Gasteiger partial charge on any atom is 0.204 e. The largest absolute Gasteiger partial charge is 0.493 e. The summed E-state index contributed by atoms with van der Waals surface area (Å²) >= 11 is 0. The lowest BCUT2D eigenvalue weighted by Gasteiger charge is -2.13. The van der Waals surface area contributed by atoms with E-state index >= 15 is 0 Å². The van der Waals surface area contributed by atoms with Crippen molar-refractivity contribution >= 4 is 16.8 Å². The summed E-state index contributed by atoms with van der Waals surface area (Å²) in [4.78, 5) is 24.5. The molecular formula is C19H21N3O2. The molecule has 24 heavy (non-hydrogen) atoms. The monoisotopic (exact) mass is 323 g/mol. The summed E-state index contributed by atoms with van der Waals surface area (Å²) in [6.45, 7) is 8.44. The van der Waals surface area contributed by atoms with Crippen molar-refractivity contribution in [3.63, 3.8) is 0 Å². The predicted octanol–water partition coefficient (Wildman–Crippen LogP) is 3.71. The lowest BCUT2D eigenvalue weighted by Crippen LogP contribution is -2.10. The number of hydrogen-bond donors (Lipinski definition) is 1. The lowest BCUT2D eigenvalue weighted by molar-refractivity contribution is 0.0983. The van der Waals surface area contributed by atoms with E-state index in [1.165, 1.54) is 0 Å². The summed E-state index contributed by atoms with van der Waals surface area (Å²) in [5, 5.41) is 0. The summed E-state index contributed by atoms with van der Waals surface area (Å²) in [7, 11) is 0. The molecule has 0 radical (unpaired) electrons. The number of aromatic nitrogens is 3. The number of aryl methyl sites for hydroxylation is 2. The van der Waals surface area contributed by atoms with Gasteiger partial charge in [0.25, 0.3) is 0 Å². The molecule has 1 N–H and O–H groups in total. The fourth-order valence-electron chi connectivity index (χ4n) is 2.79. The normalized spacial score (nSPS) is 11.0. The number of H-pyrrole nitrogens is 1. The topological polar surface area (TPSA) is 67.9 Å². The minimum atomic E-state index is -0.0780. The molecule has 0 unspecified atom stereocenters. The van der Waals surface area contributed by atoms with Crippen molar-refractivity contribution in [3.05, 3.63) is 52.6 Å². The van der Waals surface area contributed by atoms with Gasteiger partial charge in [-0.05, 0) is 45.4 Å². The molecule has 0 bridgehead atoms. The molecule has 0 saturated carbocycles. The van der Waals surface area contributed by atoms with Crippen molar-refractivity contribution in [2.45, 2.75) is 34.1 Å². The second kappa shape index (κ2) is 6.43. The van der Waals surface area contributed by atoms with Gasteiger partial charge in [-0.15, -0.1) is 0 Å². The van der Waals surface area contributed by atoms with Gasteiger partial charge >= 0.3 is 0 Å². The van der Waals surface area contributed by atoms with E-state index in [-0.39, 0.29) is 12.2 Å². The highest BCUT2D eigenvalue weighted by Gasteiger charge is 2.17. The Balaban J connectivity index is 1.89. The molecule has 0 atom stereocenters. The highest BCUT2D eigenvalue weighted by Crippen LogP contribution is 2.25. The van der Waals surface area contributed by atoms with E-state index in [1.54, 1.807) is 6.20 Å². The molecule has 0 amide bonds. The van der Waals surface area contributed by atoms with Crippen LogP contribution in [0.4, 0.5) is 0 Å². The van der Waals surface area contributed by atoms with Crippen molar-refractivity contribution in [2.75, 3.05) is 6.61 Å². The Morgan fingerprint density at radius 3 is 2.79 bits per heavy atom. The number of benzene rings is 1. The van der Waals surface area contributed by atoms with Crippen LogP contribution in [-0.4, -0.2) is 27.3 Å². The molecule has 5 heteroatoms. The Morgan fingerprint density at radius 1 is 1.25 bits per heavy atom. The molecule has 0 spiro atoms. The third kappa shape index (κ3) is 3.02. The number of ketones is 1. The number of ether oxygens (including phenoxy) is 1. The summed E-state index contributed by atoms with van der Waals surface area (Å²) in [5.74, 6) is 1.11. The zero-order valence-corrected chi connectivity index (χ0v) is 14.4. The smallest absolute Gasteiger partial charge is 0.204 e. The zero-order chi connectivity index (χ0) is 17.3. The van der Waals surface area contributed by atoms with Gasteiger partial charge in [0.2, 0.25) is 5.78 Å². The van der Waals surface area contributed by atoms with Gasteiger partial charge in [-0.2, -0.15) is 0 Å². The third-order valence-corrected chi connectivity index (χ3v) is 4.06. The van der Waals surface area contributed by atoms with Gasteiger partial charge < -0.3 is 9.72 Å². The number of nitrogens with one attached hydrogen (secondary N) is 1. The van der Waals surface area contributed by atoms with Crippen LogP contribution in [0.5, 0.6) is 5.75 Å². The van der Waals surface area contributed by atoms with Gasteiger partial charge in [0.15, 0.2) is 5.82 Å². The number of aromatic amines is 1. The predicted molar refractivity (Wildman–Crippen MR) is 93.7 cm³/mol. The van der Waals surface area contributed by atoms with E-state index in [1.807, 2.05) is 45.9 Å². The van der Waals surface area contributed by atoms with Gasteiger partial charge in [0.1, 0.15) is 5.75 Å². The minimum absolute atomic E-state index is 0.0780. The first kappa shape index (κ1) is 16.2. The number of rotatable bonds is 5. The average Bonchev–Trinajstić information content (AvgIpc) is 2.97. The van der Waals surface area contributed by atoms with Crippen LogP contribution in [-0.2, 0) is 6.42 Å². The number of carbonyl (C=O) groups excluding carboxylic acids is 1. The molecule has 0 aliphatic heterocycles. The van der Waals surface area contributed by atoms with Crippen LogP contribution in [0.15, 0.2) is 24.4 Å². The minimum Gasteiger partial charge on any atom is -0.493 e.